The molecule has 0 aliphatic carbocycles. The van der Waals surface area contributed by atoms with E-state index in [4.69, 9.17) is 11.1 Å². The van der Waals surface area contributed by atoms with E-state index in [1.54, 1.807) is 12.1 Å². The largest absolute Gasteiger partial charge is 0.507 e. The molecule has 1 spiro atoms. The van der Waals surface area contributed by atoms with Crippen LogP contribution in [0.1, 0.15) is 12.0 Å². The van der Waals surface area contributed by atoms with Crippen LogP contribution in [0.15, 0.2) is 36.5 Å². The van der Waals surface area contributed by atoms with Gasteiger partial charge in [-0.1, -0.05) is 6.07 Å². The summed E-state index contributed by atoms with van der Waals surface area (Å²) >= 11 is 0. The van der Waals surface area contributed by atoms with Crippen LogP contribution >= 0.6 is 0 Å². The maximum Gasteiger partial charge on any atom is 0.169 e. The van der Waals surface area contributed by atoms with Gasteiger partial charge in [-0.3, -0.25) is 5.41 Å². The highest BCUT2D eigenvalue weighted by atomic mass is 16.3. The minimum absolute atomic E-state index is 0.116. The van der Waals surface area contributed by atoms with E-state index in [1.165, 1.54) is 18.8 Å². The number of benzene rings is 1. The molecule has 134 valence electrons. The second-order valence-corrected chi connectivity index (χ2v) is 7.08. The number of hydrogen-bond donors (Lipinski definition) is 4. The Balaban J connectivity index is 1.51. The van der Waals surface area contributed by atoms with E-state index in [-0.39, 0.29) is 5.75 Å². The molecule has 4 rings (SSSR count). The fourth-order valence-electron chi connectivity index (χ4n) is 3.80. The fourth-order valence-corrected chi connectivity index (χ4v) is 3.80. The van der Waals surface area contributed by atoms with Crippen molar-refractivity contribution in [1.29, 1.82) is 0 Å². The first-order valence-electron chi connectivity index (χ1n) is 8.74. The van der Waals surface area contributed by atoms with Crippen molar-refractivity contribution in [3.8, 4) is 17.0 Å². The maximum atomic E-state index is 10.4. The first kappa shape index (κ1) is 16.5. The van der Waals surface area contributed by atoms with Crippen LogP contribution in [-0.2, 0) is 0 Å². The van der Waals surface area contributed by atoms with Crippen LogP contribution in [0.2, 0.25) is 0 Å². The molecule has 2 saturated heterocycles. The third kappa shape index (κ3) is 2.80. The van der Waals surface area contributed by atoms with Gasteiger partial charge in [-0.05, 0) is 42.8 Å². The van der Waals surface area contributed by atoms with Gasteiger partial charge in [0.1, 0.15) is 5.75 Å². The Morgan fingerprint density at radius 1 is 1.27 bits per heavy atom. The van der Waals surface area contributed by atoms with Crippen LogP contribution in [-0.4, -0.2) is 47.7 Å². The lowest BCUT2D eigenvalue weighted by Crippen LogP contribution is -2.57. The minimum atomic E-state index is 0.116. The number of hydrogen-bond acceptors (Lipinski definition) is 6. The van der Waals surface area contributed by atoms with Crippen LogP contribution < -0.4 is 21.4 Å². The molecule has 3 heterocycles. The standard InChI is InChI=1S/C19H22N6O/c20-8-14(9-21)13-1-2-15(17(26)7-13)16-3-4-18(24-23-16)25-11-19(12-25)5-6-22-10-19/h1-4,7-9,20,22,26H,5-6,10-12,21H2/p+1. The molecule has 26 heavy (non-hydrogen) atoms. The summed E-state index contributed by atoms with van der Waals surface area (Å²) < 4.78 is 0. The molecular formula is C19H23N6O+. The number of nitrogens with zero attached hydrogens (tertiary/aromatic N) is 3. The number of nitrogens with one attached hydrogen (secondary N) is 1. The Morgan fingerprint density at radius 3 is 2.69 bits per heavy atom. The highest BCUT2D eigenvalue weighted by molar-refractivity contribution is 6.07. The molecule has 1 aromatic carbocycles. The zero-order chi connectivity index (χ0) is 18.1. The number of phenolic OH excluding ortho intramolecular Hbond substituents is 1. The van der Waals surface area contributed by atoms with Crippen LogP contribution in [0.25, 0.3) is 16.8 Å². The number of aromatic nitrogens is 2. The van der Waals surface area contributed by atoms with Crippen LogP contribution in [0.3, 0.4) is 0 Å². The summed E-state index contributed by atoms with van der Waals surface area (Å²) in [6.45, 7) is 4.25. The second kappa shape index (κ2) is 6.42. The van der Waals surface area contributed by atoms with Gasteiger partial charge >= 0.3 is 0 Å². The van der Waals surface area contributed by atoms with E-state index in [2.05, 4.69) is 20.4 Å². The van der Waals surface area contributed by atoms with Gasteiger partial charge in [0.05, 0.1) is 11.3 Å². The molecule has 6 N–H and O–H groups in total. The predicted octanol–water partition coefficient (Wildman–Crippen LogP) is -0.222. The van der Waals surface area contributed by atoms with E-state index >= 15 is 0 Å². The number of allylic oxidation sites excluding steroid dienone is 1. The van der Waals surface area contributed by atoms with E-state index in [0.29, 0.717) is 22.2 Å². The Hall–Kier alpha value is -2.93. The topological polar surface area (TPSA) is 113 Å². The summed E-state index contributed by atoms with van der Waals surface area (Å²) in [4.78, 5) is 2.25. The van der Waals surface area contributed by atoms with Crippen LogP contribution in [0, 0.1) is 5.41 Å². The molecule has 0 atom stereocenters. The summed E-state index contributed by atoms with van der Waals surface area (Å²) in [5.41, 5.74) is 8.61. The molecule has 0 saturated carbocycles. The van der Waals surface area contributed by atoms with Crippen molar-refractivity contribution in [3.05, 3.63) is 42.1 Å². The van der Waals surface area contributed by atoms with Crippen molar-refractivity contribution in [1.82, 2.24) is 15.5 Å². The summed E-state index contributed by atoms with van der Waals surface area (Å²) in [5.74, 6) is 0.999. The van der Waals surface area contributed by atoms with Gasteiger partial charge in [0.15, 0.2) is 12.0 Å². The molecule has 2 aromatic rings. The van der Waals surface area contributed by atoms with Crippen LogP contribution in [0.5, 0.6) is 5.75 Å². The molecule has 2 aliphatic heterocycles. The van der Waals surface area contributed by atoms with E-state index in [9.17, 15) is 5.11 Å². The lowest BCUT2D eigenvalue weighted by atomic mass is 9.79. The molecule has 0 bridgehead atoms. The monoisotopic (exact) mass is 351 g/mol. The third-order valence-electron chi connectivity index (χ3n) is 5.33. The number of rotatable bonds is 4. The van der Waals surface area contributed by atoms with Gasteiger partial charge in [-0.2, -0.15) is 0 Å². The predicted molar refractivity (Wildman–Crippen MR) is 101 cm³/mol. The van der Waals surface area contributed by atoms with Gasteiger partial charge in [0.25, 0.3) is 0 Å². The Labute approximate surface area is 152 Å². The first-order chi connectivity index (χ1) is 12.6. The summed E-state index contributed by atoms with van der Waals surface area (Å²) in [7, 11) is 0. The lowest BCUT2D eigenvalue weighted by Gasteiger charge is -2.48. The van der Waals surface area contributed by atoms with E-state index in [0.717, 1.165) is 37.6 Å². The molecule has 2 aliphatic rings. The van der Waals surface area contributed by atoms with Gasteiger partial charge in [0.2, 0.25) is 0 Å². The fraction of sp³-hybridized carbons (Fsp3) is 0.316. The first-order valence-corrected chi connectivity index (χ1v) is 8.74. The SMILES string of the molecule is NC=C(C=[NH2+])c1ccc(-c2ccc(N3CC4(CCNC4)C3)nn2)c(O)c1. The Bertz CT molecular complexity index is 847. The third-order valence-corrected chi connectivity index (χ3v) is 5.33. The lowest BCUT2D eigenvalue weighted by molar-refractivity contribution is -0.103. The van der Waals surface area contributed by atoms with Crippen molar-refractivity contribution >= 4 is 17.6 Å². The second-order valence-electron chi connectivity index (χ2n) is 7.08. The quantitative estimate of drug-likeness (QED) is 0.567. The summed E-state index contributed by atoms with van der Waals surface area (Å²) in [6.07, 6.45) is 4.04. The van der Waals surface area contributed by atoms with Gasteiger partial charge < -0.3 is 21.1 Å². The molecule has 0 radical (unpaired) electrons. The van der Waals surface area contributed by atoms with Crippen molar-refractivity contribution in [3.63, 3.8) is 0 Å². The zero-order valence-electron chi connectivity index (χ0n) is 14.5. The average Bonchev–Trinajstić information content (AvgIpc) is 3.12. The zero-order valence-corrected chi connectivity index (χ0v) is 14.5. The number of anilines is 1. The average molecular weight is 351 g/mol. The van der Waals surface area contributed by atoms with Gasteiger partial charge in [-0.25, -0.2) is 0 Å². The van der Waals surface area contributed by atoms with Gasteiger partial charge in [0, 0.05) is 36.8 Å². The molecule has 1 aromatic heterocycles. The molecule has 0 unspecified atom stereocenters. The van der Waals surface area contributed by atoms with E-state index in [1.807, 2.05) is 18.2 Å². The molecular weight excluding hydrogens is 328 g/mol. The van der Waals surface area contributed by atoms with E-state index < -0.39 is 0 Å². The molecule has 2 fully saturated rings. The minimum Gasteiger partial charge on any atom is -0.507 e. The van der Waals surface area contributed by atoms with Crippen LogP contribution in [0.4, 0.5) is 5.82 Å². The van der Waals surface area contributed by atoms with Crippen molar-refractivity contribution in [2.45, 2.75) is 6.42 Å². The number of phenols is 1. The Kier molecular flexibility index (Phi) is 4.08. The highest BCUT2D eigenvalue weighted by Crippen LogP contribution is 2.38. The molecule has 7 nitrogen and oxygen atoms in total. The van der Waals surface area contributed by atoms with Crippen molar-refractivity contribution in [2.24, 2.45) is 11.1 Å². The number of aromatic hydroxyl groups is 1. The molecule has 0 amide bonds. The van der Waals surface area contributed by atoms with Crippen molar-refractivity contribution < 1.29 is 10.5 Å². The maximum absolute atomic E-state index is 10.4. The summed E-state index contributed by atoms with van der Waals surface area (Å²) in [6, 6.07) is 9.12. The molecule has 7 heteroatoms. The summed E-state index contributed by atoms with van der Waals surface area (Å²) in [5, 5.41) is 28.0. The normalized spacial score (nSPS) is 18.8. The number of nitrogens with two attached hydrogens (primary N) is 2. The Morgan fingerprint density at radius 2 is 2.12 bits per heavy atom. The highest BCUT2D eigenvalue weighted by Gasteiger charge is 2.45. The smallest absolute Gasteiger partial charge is 0.169 e. The van der Waals surface area contributed by atoms with Crippen molar-refractivity contribution in [2.75, 3.05) is 31.1 Å². The van der Waals surface area contributed by atoms with Gasteiger partial charge in [-0.15, -0.1) is 10.2 Å².